The maximum Gasteiger partial charge on any atom is 0.307 e. The van der Waals surface area contributed by atoms with Gasteiger partial charge in [-0.2, -0.15) is 0 Å². The molecule has 0 aromatic carbocycles. The van der Waals surface area contributed by atoms with E-state index in [9.17, 15) is 4.79 Å². The highest BCUT2D eigenvalue weighted by Crippen LogP contribution is 2.46. The van der Waals surface area contributed by atoms with Crippen molar-refractivity contribution in [1.29, 1.82) is 0 Å². The van der Waals surface area contributed by atoms with Crippen LogP contribution in [0.25, 0.3) is 0 Å². The molecule has 2 aliphatic rings. The largest absolute Gasteiger partial charge is 0.481 e. The average molecular weight is 261 g/mol. The highest BCUT2D eigenvalue weighted by atomic mass is 16.4. The summed E-state index contributed by atoms with van der Waals surface area (Å²) in [6.07, 6.45) is 1.81. The molecule has 0 amide bonds. The van der Waals surface area contributed by atoms with Crippen molar-refractivity contribution in [2.75, 3.05) is 20.1 Å². The maximum absolute atomic E-state index is 11.0. The number of aryl methyl sites for hydroxylation is 1. The van der Waals surface area contributed by atoms with Crippen LogP contribution in [-0.2, 0) is 4.79 Å². The van der Waals surface area contributed by atoms with Gasteiger partial charge < -0.3 is 10.0 Å². The molecular weight excluding hydrogens is 242 g/mol. The van der Waals surface area contributed by atoms with Gasteiger partial charge in [-0.25, -0.2) is 9.97 Å². The van der Waals surface area contributed by atoms with Gasteiger partial charge >= 0.3 is 5.97 Å². The van der Waals surface area contributed by atoms with Crippen LogP contribution >= 0.6 is 0 Å². The first-order chi connectivity index (χ1) is 9.04. The van der Waals surface area contributed by atoms with Crippen LogP contribution in [0, 0.1) is 12.8 Å². The van der Waals surface area contributed by atoms with Crippen molar-refractivity contribution in [2.24, 2.45) is 5.92 Å². The fourth-order valence-electron chi connectivity index (χ4n) is 2.92. The smallest absolute Gasteiger partial charge is 0.307 e. The summed E-state index contributed by atoms with van der Waals surface area (Å²) in [6, 6.07) is 2.05. The fourth-order valence-corrected chi connectivity index (χ4v) is 2.92. The van der Waals surface area contributed by atoms with Gasteiger partial charge in [0.1, 0.15) is 5.82 Å². The molecule has 1 saturated carbocycles. The van der Waals surface area contributed by atoms with Crippen molar-refractivity contribution in [2.45, 2.75) is 31.6 Å². The molecule has 3 atom stereocenters. The second-order valence-electron chi connectivity index (χ2n) is 5.83. The van der Waals surface area contributed by atoms with Gasteiger partial charge in [-0.05, 0) is 39.4 Å². The zero-order valence-corrected chi connectivity index (χ0v) is 11.3. The molecule has 102 valence electrons. The molecule has 5 heteroatoms. The number of rotatable bonds is 3. The normalized spacial score (nSPS) is 30.5. The van der Waals surface area contributed by atoms with E-state index >= 15 is 0 Å². The van der Waals surface area contributed by atoms with Crippen LogP contribution < -0.4 is 0 Å². The van der Waals surface area contributed by atoms with E-state index in [0.29, 0.717) is 12.3 Å². The zero-order chi connectivity index (χ0) is 13.6. The van der Waals surface area contributed by atoms with Crippen LogP contribution in [0.5, 0.6) is 0 Å². The minimum Gasteiger partial charge on any atom is -0.481 e. The summed E-state index contributed by atoms with van der Waals surface area (Å²) < 4.78 is 0. The van der Waals surface area contributed by atoms with Crippen LogP contribution in [0.3, 0.4) is 0 Å². The van der Waals surface area contributed by atoms with E-state index in [1.54, 1.807) is 0 Å². The van der Waals surface area contributed by atoms with Gasteiger partial charge in [0.05, 0.1) is 5.92 Å². The molecule has 2 heterocycles. The van der Waals surface area contributed by atoms with Gasteiger partial charge in [-0.3, -0.25) is 4.79 Å². The van der Waals surface area contributed by atoms with Gasteiger partial charge in [0.15, 0.2) is 0 Å². The van der Waals surface area contributed by atoms with Crippen molar-refractivity contribution in [1.82, 2.24) is 14.9 Å². The third-order valence-electron chi connectivity index (χ3n) is 4.14. The molecule has 0 bridgehead atoms. The molecule has 2 fully saturated rings. The Bertz CT molecular complexity index is 517. The highest BCUT2D eigenvalue weighted by Gasteiger charge is 2.46. The number of likely N-dealkylation sites (tertiary alicyclic amines) is 1. The molecule has 5 nitrogen and oxygen atoms in total. The summed E-state index contributed by atoms with van der Waals surface area (Å²) in [5, 5.41) is 9.01. The lowest BCUT2D eigenvalue weighted by Gasteiger charge is -2.12. The molecule has 0 radical (unpaired) electrons. The number of carbonyl (C=O) groups is 1. The fraction of sp³-hybridized carbons (Fsp3) is 0.643. The summed E-state index contributed by atoms with van der Waals surface area (Å²) in [5.41, 5.74) is 2.04. The predicted octanol–water partition coefficient (Wildman–Crippen LogP) is 1.39. The number of hydrogen-bond donors (Lipinski definition) is 1. The molecule has 3 unspecified atom stereocenters. The second-order valence-corrected chi connectivity index (χ2v) is 5.83. The number of aliphatic carboxylic acids is 1. The Kier molecular flexibility index (Phi) is 3.01. The van der Waals surface area contributed by atoms with Gasteiger partial charge in [0.2, 0.25) is 0 Å². The zero-order valence-electron chi connectivity index (χ0n) is 11.3. The number of nitrogens with zero attached hydrogens (tertiary/aromatic N) is 3. The molecular formula is C14H19N3O2. The van der Waals surface area contributed by atoms with Gasteiger partial charge in [-0.1, -0.05) is 0 Å². The van der Waals surface area contributed by atoms with E-state index in [1.807, 2.05) is 13.0 Å². The molecule has 1 aromatic heterocycles. The van der Waals surface area contributed by atoms with Crippen molar-refractivity contribution in [3.63, 3.8) is 0 Å². The van der Waals surface area contributed by atoms with Crippen molar-refractivity contribution in [3.8, 4) is 0 Å². The van der Waals surface area contributed by atoms with E-state index in [0.717, 1.165) is 36.7 Å². The number of carboxylic acid groups (broad SMARTS) is 1. The van der Waals surface area contributed by atoms with Crippen LogP contribution in [0.15, 0.2) is 6.07 Å². The third-order valence-corrected chi connectivity index (χ3v) is 4.14. The average Bonchev–Trinajstić information content (AvgIpc) is 3.05. The highest BCUT2D eigenvalue weighted by molar-refractivity contribution is 5.74. The molecule has 3 rings (SSSR count). The van der Waals surface area contributed by atoms with Crippen molar-refractivity contribution in [3.05, 3.63) is 23.3 Å². The molecule has 0 spiro atoms. The Balaban J connectivity index is 1.83. The second kappa shape index (κ2) is 4.56. The lowest BCUT2D eigenvalue weighted by molar-refractivity contribution is -0.138. The molecule has 1 N–H and O–H groups in total. The first-order valence-corrected chi connectivity index (χ1v) is 6.81. The Morgan fingerprint density at radius 1 is 1.47 bits per heavy atom. The van der Waals surface area contributed by atoms with E-state index in [-0.39, 0.29) is 11.8 Å². The lowest BCUT2D eigenvalue weighted by Crippen LogP contribution is -2.14. The van der Waals surface area contributed by atoms with Gasteiger partial charge in [-0.15, -0.1) is 0 Å². The standard InChI is InChI=1S/C14H19N3O2/c1-8-5-12(9-3-4-17(2)7-9)16-13(15-8)10-6-11(10)14(18)19/h5,9-11H,3-4,6-7H2,1-2H3,(H,18,19). The van der Waals surface area contributed by atoms with E-state index in [1.165, 1.54) is 0 Å². The molecule has 1 aliphatic carbocycles. The van der Waals surface area contributed by atoms with E-state index < -0.39 is 5.97 Å². The van der Waals surface area contributed by atoms with Gasteiger partial charge in [0, 0.05) is 29.8 Å². The first kappa shape index (κ1) is 12.5. The van der Waals surface area contributed by atoms with Crippen molar-refractivity contribution < 1.29 is 9.90 Å². The monoisotopic (exact) mass is 261 g/mol. The minimum absolute atomic E-state index is 0.0234. The van der Waals surface area contributed by atoms with Crippen molar-refractivity contribution >= 4 is 5.97 Å². The number of carboxylic acids is 1. The Morgan fingerprint density at radius 3 is 2.84 bits per heavy atom. The van der Waals surface area contributed by atoms with Crippen LogP contribution in [0.2, 0.25) is 0 Å². The summed E-state index contributed by atoms with van der Waals surface area (Å²) >= 11 is 0. The predicted molar refractivity (Wildman–Crippen MR) is 70.1 cm³/mol. The number of likely N-dealkylation sites (N-methyl/N-ethyl adjacent to an activating group) is 1. The molecule has 1 aliphatic heterocycles. The van der Waals surface area contributed by atoms with Gasteiger partial charge in [0.25, 0.3) is 0 Å². The number of aromatic nitrogens is 2. The Hall–Kier alpha value is -1.49. The topological polar surface area (TPSA) is 66.3 Å². The van der Waals surface area contributed by atoms with Crippen LogP contribution in [0.4, 0.5) is 0 Å². The molecule has 1 aromatic rings. The minimum atomic E-state index is -0.725. The lowest BCUT2D eigenvalue weighted by atomic mass is 10.0. The molecule has 1 saturated heterocycles. The first-order valence-electron chi connectivity index (χ1n) is 6.81. The van der Waals surface area contributed by atoms with E-state index in [4.69, 9.17) is 5.11 Å². The van der Waals surface area contributed by atoms with E-state index in [2.05, 4.69) is 21.9 Å². The maximum atomic E-state index is 11.0. The summed E-state index contributed by atoms with van der Waals surface area (Å²) in [5.74, 6) is 0.220. The summed E-state index contributed by atoms with van der Waals surface area (Å²) in [6.45, 7) is 4.10. The van der Waals surface area contributed by atoms with Crippen LogP contribution in [-0.4, -0.2) is 46.1 Å². The quantitative estimate of drug-likeness (QED) is 0.890. The summed E-state index contributed by atoms with van der Waals surface area (Å²) in [4.78, 5) is 22.3. The SMILES string of the molecule is Cc1cc(C2CCN(C)C2)nc(C2CC2C(=O)O)n1. The summed E-state index contributed by atoms with van der Waals surface area (Å²) in [7, 11) is 2.12. The van der Waals surface area contributed by atoms with Crippen LogP contribution in [0.1, 0.15) is 41.9 Å². The number of hydrogen-bond acceptors (Lipinski definition) is 4. The molecule has 19 heavy (non-hydrogen) atoms. The Labute approximate surface area is 112 Å². The Morgan fingerprint density at radius 2 is 2.26 bits per heavy atom. The third kappa shape index (κ3) is 2.47.